The summed E-state index contributed by atoms with van der Waals surface area (Å²) in [5, 5.41) is 3.91. The first-order chi connectivity index (χ1) is 19.2. The van der Waals surface area contributed by atoms with Crippen LogP contribution in [-0.4, -0.2) is 14.8 Å². The second kappa shape index (κ2) is 9.85. The molecule has 1 nitrogen and oxygen atoms in total. The van der Waals surface area contributed by atoms with Crippen LogP contribution in [0.5, 0.6) is 0 Å². The summed E-state index contributed by atoms with van der Waals surface area (Å²) in [5.41, 5.74) is 11.2. The van der Waals surface area contributed by atoms with Crippen molar-refractivity contribution in [3.63, 3.8) is 0 Å². The van der Waals surface area contributed by atoms with Crippen molar-refractivity contribution in [1.29, 1.82) is 0 Å². The van der Waals surface area contributed by atoms with Gasteiger partial charge < -0.3 is 4.57 Å². The SMILES string of the molecule is [SiH3]c1c(-c2ccccc2)cc(-n2c3ccccc3c3cccc(Br)c32)c(-c2ccccc2)c1-c1ccccc1. The Morgan fingerprint density at radius 3 is 1.72 bits per heavy atom. The molecule has 6 aromatic carbocycles. The first-order valence-corrected chi connectivity index (χ1v) is 15.0. The van der Waals surface area contributed by atoms with E-state index in [1.807, 2.05) is 0 Å². The molecule has 0 aliphatic carbocycles. The van der Waals surface area contributed by atoms with Crippen molar-refractivity contribution in [2.24, 2.45) is 0 Å². The van der Waals surface area contributed by atoms with Gasteiger partial charge in [0.15, 0.2) is 0 Å². The van der Waals surface area contributed by atoms with Crippen molar-refractivity contribution in [3.05, 3.63) is 144 Å². The van der Waals surface area contributed by atoms with Gasteiger partial charge in [0.1, 0.15) is 0 Å². The molecular formula is C36H26BrNSi. The summed E-state index contributed by atoms with van der Waals surface area (Å²) in [6.45, 7) is 0. The second-order valence-electron chi connectivity index (χ2n) is 9.90. The molecule has 0 saturated heterocycles. The standard InChI is InChI=1S/C36H26BrNSi/c37-30-21-12-20-28-27-19-10-11-22-31(27)38(35(28)30)32-23-29(24-13-4-1-5-14-24)36(39)34(26-17-8-3-9-18-26)33(32)25-15-6-2-7-16-25/h1-23H,39H3. The van der Waals surface area contributed by atoms with E-state index in [0.29, 0.717) is 0 Å². The van der Waals surface area contributed by atoms with Crippen LogP contribution in [0, 0.1) is 0 Å². The molecule has 0 spiro atoms. The van der Waals surface area contributed by atoms with Crippen molar-refractivity contribution in [2.75, 3.05) is 0 Å². The molecule has 186 valence electrons. The van der Waals surface area contributed by atoms with E-state index in [9.17, 15) is 0 Å². The smallest absolute Gasteiger partial charge is 0.0683 e. The van der Waals surface area contributed by atoms with Crippen molar-refractivity contribution in [1.82, 2.24) is 4.57 Å². The number of aromatic nitrogens is 1. The van der Waals surface area contributed by atoms with E-state index in [1.165, 1.54) is 66.1 Å². The lowest BCUT2D eigenvalue weighted by Gasteiger charge is -2.24. The molecular weight excluding hydrogens is 554 g/mol. The molecule has 0 atom stereocenters. The van der Waals surface area contributed by atoms with Gasteiger partial charge >= 0.3 is 0 Å². The molecule has 1 heterocycles. The predicted molar refractivity (Wildman–Crippen MR) is 174 cm³/mol. The summed E-state index contributed by atoms with van der Waals surface area (Å²) in [5.74, 6) is 0. The minimum absolute atomic E-state index is 0.912. The summed E-state index contributed by atoms with van der Waals surface area (Å²) in [6, 6.07) is 50.3. The summed E-state index contributed by atoms with van der Waals surface area (Å²) >= 11 is 3.93. The molecule has 0 aliphatic rings. The van der Waals surface area contributed by atoms with E-state index in [2.05, 4.69) is 160 Å². The molecule has 7 rings (SSSR count). The Kier molecular flexibility index (Phi) is 6.03. The molecule has 0 unspecified atom stereocenters. The third-order valence-corrected chi connectivity index (χ3v) is 9.34. The number of rotatable bonds is 4. The Morgan fingerprint density at radius 1 is 0.513 bits per heavy atom. The molecule has 7 aromatic rings. The molecule has 0 radical (unpaired) electrons. The third-order valence-electron chi connectivity index (χ3n) is 7.66. The number of hydrogen-bond donors (Lipinski definition) is 0. The average Bonchev–Trinajstić information content (AvgIpc) is 3.34. The van der Waals surface area contributed by atoms with Crippen LogP contribution in [0.3, 0.4) is 0 Å². The molecule has 0 saturated carbocycles. The number of para-hydroxylation sites is 2. The zero-order valence-electron chi connectivity index (χ0n) is 21.6. The van der Waals surface area contributed by atoms with Crippen molar-refractivity contribution < 1.29 is 0 Å². The number of benzene rings is 6. The zero-order chi connectivity index (χ0) is 26.3. The fourth-order valence-corrected chi connectivity index (χ4v) is 7.47. The molecule has 3 heteroatoms. The maximum atomic E-state index is 3.93. The fourth-order valence-electron chi connectivity index (χ4n) is 5.95. The Balaban J connectivity index is 1.73. The highest BCUT2D eigenvalue weighted by molar-refractivity contribution is 9.10. The second-order valence-corrected chi connectivity index (χ2v) is 11.8. The van der Waals surface area contributed by atoms with Crippen LogP contribution in [-0.2, 0) is 0 Å². The maximum absolute atomic E-state index is 3.93. The van der Waals surface area contributed by atoms with Gasteiger partial charge in [-0.05, 0) is 61.9 Å². The topological polar surface area (TPSA) is 4.93 Å². The lowest BCUT2D eigenvalue weighted by atomic mass is 9.89. The quantitative estimate of drug-likeness (QED) is 0.184. The number of halogens is 1. The monoisotopic (exact) mass is 579 g/mol. The summed E-state index contributed by atoms with van der Waals surface area (Å²) < 4.78 is 3.56. The minimum atomic E-state index is 0.912. The van der Waals surface area contributed by atoms with E-state index < -0.39 is 0 Å². The van der Waals surface area contributed by atoms with E-state index in [0.717, 1.165) is 14.7 Å². The van der Waals surface area contributed by atoms with Crippen molar-refractivity contribution in [3.8, 4) is 39.1 Å². The summed E-state index contributed by atoms with van der Waals surface area (Å²) in [6.07, 6.45) is 0. The summed E-state index contributed by atoms with van der Waals surface area (Å²) in [4.78, 5) is 0. The predicted octanol–water partition coefficient (Wildman–Crippen LogP) is 8.54. The van der Waals surface area contributed by atoms with Crippen LogP contribution >= 0.6 is 15.9 Å². The highest BCUT2D eigenvalue weighted by Crippen LogP contribution is 2.43. The molecule has 0 aliphatic heterocycles. The van der Waals surface area contributed by atoms with Crippen molar-refractivity contribution >= 4 is 53.2 Å². The molecule has 0 N–H and O–H groups in total. The number of hydrogen-bond acceptors (Lipinski definition) is 0. The highest BCUT2D eigenvalue weighted by atomic mass is 79.9. The van der Waals surface area contributed by atoms with Gasteiger partial charge in [-0.1, -0.05) is 127 Å². The lowest BCUT2D eigenvalue weighted by molar-refractivity contribution is 1.18. The third kappa shape index (κ3) is 3.97. The number of nitrogens with zero attached hydrogens (tertiary/aromatic N) is 1. The van der Waals surface area contributed by atoms with Gasteiger partial charge in [0.25, 0.3) is 0 Å². The first-order valence-electron chi connectivity index (χ1n) is 13.2. The van der Waals surface area contributed by atoms with Gasteiger partial charge in [-0.2, -0.15) is 0 Å². The van der Waals surface area contributed by atoms with E-state index in [-0.39, 0.29) is 0 Å². The normalized spacial score (nSPS) is 11.4. The largest absolute Gasteiger partial charge is 0.307 e. The van der Waals surface area contributed by atoms with Gasteiger partial charge in [0.05, 0.1) is 16.7 Å². The fraction of sp³-hybridized carbons (Fsp3) is 0. The van der Waals surface area contributed by atoms with Crippen LogP contribution in [0.25, 0.3) is 60.9 Å². The number of fused-ring (bicyclic) bond motifs is 3. The lowest BCUT2D eigenvalue weighted by Crippen LogP contribution is -2.15. The molecule has 0 amide bonds. The maximum Gasteiger partial charge on any atom is 0.0683 e. The zero-order valence-corrected chi connectivity index (χ0v) is 25.2. The van der Waals surface area contributed by atoms with Gasteiger partial charge in [-0.25, -0.2) is 0 Å². The molecule has 39 heavy (non-hydrogen) atoms. The molecule has 0 fully saturated rings. The minimum Gasteiger partial charge on any atom is -0.307 e. The average molecular weight is 581 g/mol. The Morgan fingerprint density at radius 2 is 1.05 bits per heavy atom. The first kappa shape index (κ1) is 23.9. The van der Waals surface area contributed by atoms with Crippen LogP contribution < -0.4 is 5.19 Å². The van der Waals surface area contributed by atoms with Crippen LogP contribution in [0.1, 0.15) is 0 Å². The van der Waals surface area contributed by atoms with Crippen LogP contribution in [0.15, 0.2) is 144 Å². The van der Waals surface area contributed by atoms with E-state index in [1.54, 1.807) is 0 Å². The van der Waals surface area contributed by atoms with E-state index in [4.69, 9.17) is 0 Å². The van der Waals surface area contributed by atoms with Gasteiger partial charge in [0.2, 0.25) is 0 Å². The Hall–Kier alpha value is -4.18. The highest BCUT2D eigenvalue weighted by Gasteiger charge is 2.23. The Bertz CT molecular complexity index is 1960. The molecule has 0 bridgehead atoms. The van der Waals surface area contributed by atoms with E-state index >= 15 is 0 Å². The van der Waals surface area contributed by atoms with Crippen LogP contribution in [0.2, 0.25) is 0 Å². The molecule has 1 aromatic heterocycles. The van der Waals surface area contributed by atoms with Gasteiger partial charge in [-0.3, -0.25) is 0 Å². The van der Waals surface area contributed by atoms with Crippen molar-refractivity contribution in [2.45, 2.75) is 0 Å². The Labute approximate surface area is 239 Å². The summed E-state index contributed by atoms with van der Waals surface area (Å²) in [7, 11) is 0.912. The van der Waals surface area contributed by atoms with Gasteiger partial charge in [-0.15, -0.1) is 0 Å². The van der Waals surface area contributed by atoms with Gasteiger partial charge in [0, 0.05) is 31.1 Å². The van der Waals surface area contributed by atoms with Crippen LogP contribution in [0.4, 0.5) is 0 Å².